The summed E-state index contributed by atoms with van der Waals surface area (Å²) >= 11 is 0. The molecule has 1 fully saturated rings. The highest BCUT2D eigenvalue weighted by Gasteiger charge is 2.28. The third-order valence-corrected chi connectivity index (χ3v) is 10.5. The van der Waals surface area contributed by atoms with Crippen LogP contribution in [-0.4, -0.2) is 56.3 Å². The molecule has 1 aliphatic rings. The van der Waals surface area contributed by atoms with Gasteiger partial charge in [-0.15, -0.1) is 0 Å². The number of anilines is 1. The summed E-state index contributed by atoms with van der Waals surface area (Å²) in [5.74, 6) is -0.0493. The second-order valence-electron chi connectivity index (χ2n) is 15.2. The van der Waals surface area contributed by atoms with E-state index in [9.17, 15) is 19.2 Å². The summed E-state index contributed by atoms with van der Waals surface area (Å²) in [5, 5.41) is 2.90. The van der Waals surface area contributed by atoms with Crippen LogP contribution in [0.3, 0.4) is 0 Å². The van der Waals surface area contributed by atoms with E-state index in [4.69, 9.17) is 23.7 Å². The molecule has 1 amide bonds. The van der Waals surface area contributed by atoms with E-state index in [1.54, 1.807) is 36.4 Å². The third kappa shape index (κ3) is 21.9. The number of amides is 1. The van der Waals surface area contributed by atoms with Crippen molar-refractivity contribution in [3.63, 3.8) is 0 Å². The minimum atomic E-state index is -0.349. The molecule has 0 saturated heterocycles. The summed E-state index contributed by atoms with van der Waals surface area (Å²) in [6.45, 7) is 9.17. The van der Waals surface area contributed by atoms with E-state index in [-0.39, 0.29) is 35.8 Å². The number of hydrogen-bond acceptors (Lipinski definition) is 9. The highest BCUT2D eigenvalue weighted by atomic mass is 16.5. The molecular weight excluding hydrogens is 735 g/mol. The van der Waals surface area contributed by atoms with E-state index in [1.807, 2.05) is 12.1 Å². The second-order valence-corrected chi connectivity index (χ2v) is 15.2. The van der Waals surface area contributed by atoms with Gasteiger partial charge in [0.25, 0.3) is 5.91 Å². The Labute approximate surface area is 347 Å². The van der Waals surface area contributed by atoms with Crippen molar-refractivity contribution in [3.8, 4) is 11.5 Å². The Bertz CT molecular complexity index is 1470. The average Bonchev–Trinajstić information content (AvgIpc) is 3.24. The summed E-state index contributed by atoms with van der Waals surface area (Å²) < 4.78 is 27.7. The molecule has 0 spiro atoms. The Balaban J connectivity index is 1.17. The van der Waals surface area contributed by atoms with Crippen LogP contribution in [-0.2, 0) is 28.6 Å². The molecule has 0 heterocycles. The Morgan fingerprint density at radius 3 is 1.45 bits per heavy atom. The van der Waals surface area contributed by atoms with Gasteiger partial charge in [0.2, 0.25) is 0 Å². The van der Waals surface area contributed by atoms with Gasteiger partial charge in [0.1, 0.15) is 11.5 Å². The molecule has 2 aromatic rings. The smallest absolute Gasteiger partial charge is 0.330 e. The minimum Gasteiger partial charge on any atom is -0.494 e. The lowest BCUT2D eigenvalue weighted by atomic mass is 9.87. The fourth-order valence-electron chi connectivity index (χ4n) is 6.96. The molecule has 0 radical (unpaired) electrons. The summed E-state index contributed by atoms with van der Waals surface area (Å²) in [5.41, 5.74) is 1.15. The number of ether oxygens (including phenoxy) is 5. The minimum absolute atomic E-state index is 0.130. The van der Waals surface area contributed by atoms with Crippen LogP contribution in [0.2, 0.25) is 0 Å². The molecule has 10 heteroatoms. The number of hydrogen-bond donors (Lipinski definition) is 1. The third-order valence-electron chi connectivity index (χ3n) is 10.5. The first-order valence-corrected chi connectivity index (χ1v) is 21.9. The van der Waals surface area contributed by atoms with Gasteiger partial charge in [-0.25, -0.2) is 9.59 Å². The van der Waals surface area contributed by atoms with Gasteiger partial charge < -0.3 is 29.0 Å². The Hall–Kier alpha value is -4.44. The lowest BCUT2D eigenvalue weighted by Gasteiger charge is -2.27. The average molecular weight is 804 g/mol. The van der Waals surface area contributed by atoms with Crippen molar-refractivity contribution in [1.82, 2.24) is 0 Å². The van der Waals surface area contributed by atoms with E-state index in [1.165, 1.54) is 76.4 Å². The van der Waals surface area contributed by atoms with E-state index in [0.717, 1.165) is 89.4 Å². The molecule has 58 heavy (non-hydrogen) atoms. The van der Waals surface area contributed by atoms with Crippen LogP contribution >= 0.6 is 0 Å². The predicted molar refractivity (Wildman–Crippen MR) is 229 cm³/mol. The van der Waals surface area contributed by atoms with Crippen molar-refractivity contribution in [1.29, 1.82) is 0 Å². The number of benzene rings is 2. The maximum atomic E-state index is 12.9. The summed E-state index contributed by atoms with van der Waals surface area (Å²) in [4.78, 5) is 47.8. The van der Waals surface area contributed by atoms with Gasteiger partial charge in [-0.1, -0.05) is 103 Å². The molecule has 10 nitrogen and oxygen atoms in total. The SMILES string of the molecule is C=CC(=O)OCCCCCCCCCCCOc1ccc(C(=O)Nc2ccc(OC(=O)C3CCC(OCCCCCCCCCCCOC(=O)C=C)CC3)cc2)cc1. The molecular formula is C48H69NO9. The van der Waals surface area contributed by atoms with Crippen LogP contribution in [0.4, 0.5) is 5.69 Å². The highest BCUT2D eigenvalue weighted by molar-refractivity contribution is 6.04. The second kappa shape index (κ2) is 30.6. The van der Waals surface area contributed by atoms with E-state index >= 15 is 0 Å². The lowest BCUT2D eigenvalue weighted by molar-refractivity contribution is -0.141. The molecule has 3 rings (SSSR count). The number of carbonyl (C=O) groups excluding carboxylic acids is 4. The van der Waals surface area contributed by atoms with Gasteiger partial charge in [0.15, 0.2) is 0 Å². The molecule has 2 aromatic carbocycles. The van der Waals surface area contributed by atoms with Crippen LogP contribution in [0.25, 0.3) is 0 Å². The van der Waals surface area contributed by atoms with E-state index < -0.39 is 0 Å². The molecule has 1 saturated carbocycles. The molecule has 0 aromatic heterocycles. The Morgan fingerprint density at radius 2 is 0.966 bits per heavy atom. The first kappa shape index (κ1) is 47.9. The van der Waals surface area contributed by atoms with Crippen LogP contribution in [0, 0.1) is 5.92 Å². The van der Waals surface area contributed by atoms with E-state index in [2.05, 4.69) is 18.5 Å². The molecule has 0 unspecified atom stereocenters. The molecule has 1 aliphatic carbocycles. The van der Waals surface area contributed by atoms with Crippen LogP contribution in [0.15, 0.2) is 73.8 Å². The lowest BCUT2D eigenvalue weighted by Crippen LogP contribution is -2.29. The number of carbonyl (C=O) groups is 4. The summed E-state index contributed by atoms with van der Waals surface area (Å²) in [7, 11) is 0. The predicted octanol–water partition coefficient (Wildman–Crippen LogP) is 11.3. The number of esters is 3. The highest BCUT2D eigenvalue weighted by Crippen LogP contribution is 2.29. The maximum absolute atomic E-state index is 12.9. The van der Waals surface area contributed by atoms with Crippen LogP contribution < -0.4 is 14.8 Å². The van der Waals surface area contributed by atoms with Gasteiger partial charge in [-0.05, 0) is 99.9 Å². The molecule has 0 atom stereocenters. The fourth-order valence-corrected chi connectivity index (χ4v) is 6.96. The zero-order valence-corrected chi connectivity index (χ0v) is 34.9. The quantitative estimate of drug-likeness (QED) is 0.0333. The maximum Gasteiger partial charge on any atom is 0.330 e. The number of nitrogens with one attached hydrogen (secondary N) is 1. The Morgan fingerprint density at radius 1 is 0.534 bits per heavy atom. The van der Waals surface area contributed by atoms with Crippen molar-refractivity contribution < 1.29 is 42.9 Å². The molecule has 0 aliphatic heterocycles. The van der Waals surface area contributed by atoms with Crippen molar-refractivity contribution >= 4 is 29.5 Å². The van der Waals surface area contributed by atoms with Gasteiger partial charge >= 0.3 is 17.9 Å². The van der Waals surface area contributed by atoms with E-state index in [0.29, 0.717) is 36.8 Å². The number of unbranched alkanes of at least 4 members (excludes halogenated alkanes) is 16. The van der Waals surface area contributed by atoms with Gasteiger partial charge in [0, 0.05) is 30.0 Å². The van der Waals surface area contributed by atoms with Gasteiger partial charge in [0.05, 0.1) is 31.8 Å². The largest absolute Gasteiger partial charge is 0.494 e. The van der Waals surface area contributed by atoms with Gasteiger partial charge in [-0.3, -0.25) is 9.59 Å². The zero-order chi connectivity index (χ0) is 41.5. The topological polar surface area (TPSA) is 126 Å². The summed E-state index contributed by atoms with van der Waals surface area (Å²) in [6, 6.07) is 14.1. The normalized spacial score (nSPS) is 14.9. The molecule has 0 bridgehead atoms. The standard InChI is InChI=1S/C48H69NO9/c1-3-45(50)56-37-21-17-13-9-5-7-11-15-19-35-54-42-29-23-39(24-30-42)47(52)49-41-27-33-44(34-28-41)58-48(53)40-25-31-43(32-26-40)55-36-20-16-12-8-6-10-14-18-22-38-57-46(51)4-2/h3-4,23-24,27-30,33-34,40,43H,1-2,5-22,25-26,31-32,35-38H2,(H,49,52). The van der Waals surface area contributed by atoms with Crippen LogP contribution in [0.1, 0.15) is 152 Å². The van der Waals surface area contributed by atoms with Crippen molar-refractivity contribution in [2.24, 2.45) is 5.92 Å². The first-order chi connectivity index (χ1) is 28.4. The molecule has 1 N–H and O–H groups in total. The van der Waals surface area contributed by atoms with Crippen molar-refractivity contribution in [2.45, 2.75) is 147 Å². The zero-order valence-electron chi connectivity index (χ0n) is 34.9. The van der Waals surface area contributed by atoms with Crippen LogP contribution in [0.5, 0.6) is 11.5 Å². The Kier molecular flexibility index (Phi) is 25.3. The van der Waals surface area contributed by atoms with Crippen molar-refractivity contribution in [2.75, 3.05) is 31.7 Å². The summed E-state index contributed by atoms with van der Waals surface area (Å²) in [6.07, 6.45) is 26.3. The molecule has 320 valence electrons. The fraction of sp³-hybridized carbons (Fsp3) is 0.583. The number of rotatable bonds is 32. The monoisotopic (exact) mass is 803 g/mol. The van der Waals surface area contributed by atoms with Crippen molar-refractivity contribution in [3.05, 3.63) is 79.4 Å². The van der Waals surface area contributed by atoms with Gasteiger partial charge in [-0.2, -0.15) is 0 Å². The first-order valence-electron chi connectivity index (χ1n) is 21.9.